The summed E-state index contributed by atoms with van der Waals surface area (Å²) in [5.41, 5.74) is -0.352. The number of carboxylic acids is 1. The largest absolute Gasteiger partial charge is 0.481 e. The minimum absolute atomic E-state index is 0.212. The zero-order valence-corrected chi connectivity index (χ0v) is 12.4. The van der Waals surface area contributed by atoms with Crippen LogP contribution in [0.4, 0.5) is 0 Å². The molecule has 0 aromatic rings. The van der Waals surface area contributed by atoms with Crippen molar-refractivity contribution in [3.05, 3.63) is 0 Å². The number of hydrogen-bond acceptors (Lipinski definition) is 3. The third-order valence-electron chi connectivity index (χ3n) is 4.83. The fourth-order valence-corrected chi connectivity index (χ4v) is 3.56. The quantitative estimate of drug-likeness (QED) is 0.804. The first-order chi connectivity index (χ1) is 9.57. The number of likely N-dealkylation sites (tertiary alicyclic amines) is 1. The normalized spacial score (nSPS) is 30.4. The van der Waals surface area contributed by atoms with Crippen LogP contribution in [0.1, 0.15) is 51.9 Å². The summed E-state index contributed by atoms with van der Waals surface area (Å²) in [5, 5.41) is 12.2. The van der Waals surface area contributed by atoms with E-state index in [1.165, 1.54) is 0 Å². The molecule has 5 heteroatoms. The summed E-state index contributed by atoms with van der Waals surface area (Å²) in [7, 11) is 0. The average Bonchev–Trinajstić information content (AvgIpc) is 2.94. The number of carbonyl (C=O) groups excluding carboxylic acids is 1. The maximum absolute atomic E-state index is 12.8. The Morgan fingerprint density at radius 3 is 2.80 bits per heavy atom. The van der Waals surface area contributed by atoms with E-state index >= 15 is 0 Å². The maximum Gasteiger partial charge on any atom is 0.303 e. The highest BCUT2D eigenvalue weighted by Gasteiger charge is 2.42. The topological polar surface area (TPSA) is 69.6 Å². The van der Waals surface area contributed by atoms with E-state index in [2.05, 4.69) is 12.2 Å². The second kappa shape index (κ2) is 6.57. The Hall–Kier alpha value is -1.10. The minimum atomic E-state index is -0.740. The highest BCUT2D eigenvalue weighted by Crippen LogP contribution is 2.29. The van der Waals surface area contributed by atoms with E-state index in [9.17, 15) is 9.59 Å². The van der Waals surface area contributed by atoms with Crippen molar-refractivity contribution < 1.29 is 14.7 Å². The van der Waals surface area contributed by atoms with Gasteiger partial charge in [-0.25, -0.2) is 0 Å². The molecule has 0 spiro atoms. The van der Waals surface area contributed by atoms with Gasteiger partial charge < -0.3 is 15.3 Å². The van der Waals surface area contributed by atoms with Gasteiger partial charge in [-0.2, -0.15) is 0 Å². The van der Waals surface area contributed by atoms with Gasteiger partial charge in [-0.05, 0) is 51.0 Å². The van der Waals surface area contributed by atoms with Crippen LogP contribution in [0.5, 0.6) is 0 Å². The van der Waals surface area contributed by atoms with Gasteiger partial charge in [-0.1, -0.05) is 6.92 Å². The Labute approximate surface area is 120 Å². The molecule has 2 atom stereocenters. The molecule has 2 aliphatic heterocycles. The van der Waals surface area contributed by atoms with Crippen LogP contribution in [-0.4, -0.2) is 47.1 Å². The summed E-state index contributed by atoms with van der Waals surface area (Å²) < 4.78 is 0. The van der Waals surface area contributed by atoms with Gasteiger partial charge in [0.25, 0.3) is 0 Å². The molecule has 2 fully saturated rings. The van der Waals surface area contributed by atoms with Crippen LogP contribution >= 0.6 is 0 Å². The molecule has 2 rings (SSSR count). The lowest BCUT2D eigenvalue weighted by atomic mass is 9.88. The molecule has 2 N–H and O–H groups in total. The average molecular weight is 282 g/mol. The van der Waals surface area contributed by atoms with E-state index in [-0.39, 0.29) is 17.9 Å². The van der Waals surface area contributed by atoms with Gasteiger partial charge in [-0.3, -0.25) is 9.59 Å². The molecule has 2 saturated heterocycles. The summed E-state index contributed by atoms with van der Waals surface area (Å²) in [4.78, 5) is 25.4. The summed E-state index contributed by atoms with van der Waals surface area (Å²) in [6.07, 6.45) is 5.77. The van der Waals surface area contributed by atoms with Crippen molar-refractivity contribution >= 4 is 11.9 Å². The van der Waals surface area contributed by atoms with Gasteiger partial charge in [0.15, 0.2) is 0 Å². The van der Waals surface area contributed by atoms with Crippen LogP contribution in [0.2, 0.25) is 0 Å². The van der Waals surface area contributed by atoms with Gasteiger partial charge >= 0.3 is 5.97 Å². The number of hydrogen-bond donors (Lipinski definition) is 2. The molecule has 0 saturated carbocycles. The highest BCUT2D eigenvalue weighted by atomic mass is 16.4. The lowest BCUT2D eigenvalue weighted by Crippen LogP contribution is -2.56. The minimum Gasteiger partial charge on any atom is -0.481 e. The van der Waals surface area contributed by atoms with Crippen molar-refractivity contribution in [3.8, 4) is 0 Å². The van der Waals surface area contributed by atoms with E-state index in [0.717, 1.165) is 51.7 Å². The van der Waals surface area contributed by atoms with Crippen molar-refractivity contribution in [1.82, 2.24) is 10.2 Å². The molecule has 20 heavy (non-hydrogen) atoms. The van der Waals surface area contributed by atoms with Crippen molar-refractivity contribution in [3.63, 3.8) is 0 Å². The molecular weight excluding hydrogens is 256 g/mol. The lowest BCUT2D eigenvalue weighted by molar-refractivity contribution is -0.140. The number of piperidine rings is 1. The van der Waals surface area contributed by atoms with Crippen molar-refractivity contribution in [2.45, 2.75) is 57.4 Å². The summed E-state index contributed by atoms with van der Waals surface area (Å²) in [6, 6.07) is 0. The maximum atomic E-state index is 12.8. The van der Waals surface area contributed by atoms with Gasteiger partial charge in [0.05, 0.1) is 5.54 Å². The third-order valence-corrected chi connectivity index (χ3v) is 4.83. The van der Waals surface area contributed by atoms with Crippen molar-refractivity contribution in [2.75, 3.05) is 19.6 Å². The molecule has 2 unspecified atom stereocenters. The van der Waals surface area contributed by atoms with E-state index in [1.54, 1.807) is 0 Å². The van der Waals surface area contributed by atoms with Gasteiger partial charge in [0, 0.05) is 19.5 Å². The molecule has 114 valence electrons. The number of nitrogens with zero attached hydrogens (tertiary/aromatic N) is 1. The zero-order chi connectivity index (χ0) is 14.6. The van der Waals surface area contributed by atoms with Crippen LogP contribution in [-0.2, 0) is 9.59 Å². The Bertz CT molecular complexity index is 364. The van der Waals surface area contributed by atoms with E-state index < -0.39 is 5.97 Å². The monoisotopic (exact) mass is 282 g/mol. The van der Waals surface area contributed by atoms with Crippen molar-refractivity contribution in [1.29, 1.82) is 0 Å². The predicted molar refractivity (Wildman–Crippen MR) is 76.4 cm³/mol. The van der Waals surface area contributed by atoms with Crippen LogP contribution in [0.25, 0.3) is 0 Å². The molecule has 0 aromatic heterocycles. The standard InChI is InChI=1S/C15H26N2O3/c1-2-15(8-4-9-16-15)14(20)17-10-3-5-12(11-17)6-7-13(18)19/h12,16H,2-11H2,1H3,(H,18,19). The number of carbonyl (C=O) groups is 2. The molecule has 2 aliphatic rings. The van der Waals surface area contributed by atoms with E-state index in [4.69, 9.17) is 5.11 Å². The summed E-state index contributed by atoms with van der Waals surface area (Å²) in [6.45, 7) is 4.55. The number of aliphatic carboxylic acids is 1. The van der Waals surface area contributed by atoms with Crippen LogP contribution < -0.4 is 5.32 Å². The second-order valence-electron chi connectivity index (χ2n) is 6.16. The van der Waals surface area contributed by atoms with Crippen LogP contribution in [0, 0.1) is 5.92 Å². The zero-order valence-electron chi connectivity index (χ0n) is 12.4. The van der Waals surface area contributed by atoms with E-state index in [1.807, 2.05) is 4.90 Å². The first kappa shape index (κ1) is 15.3. The molecule has 0 aliphatic carbocycles. The first-order valence-electron chi connectivity index (χ1n) is 7.83. The molecule has 5 nitrogen and oxygen atoms in total. The molecule has 2 heterocycles. The number of rotatable bonds is 5. The summed E-state index contributed by atoms with van der Waals surface area (Å²) >= 11 is 0. The number of carboxylic acid groups (broad SMARTS) is 1. The third kappa shape index (κ3) is 3.32. The predicted octanol–water partition coefficient (Wildman–Crippen LogP) is 1.62. The van der Waals surface area contributed by atoms with Gasteiger partial charge in [-0.15, -0.1) is 0 Å². The lowest BCUT2D eigenvalue weighted by Gasteiger charge is -2.38. The Balaban J connectivity index is 1.94. The Morgan fingerprint density at radius 1 is 1.40 bits per heavy atom. The smallest absolute Gasteiger partial charge is 0.303 e. The molecule has 0 bridgehead atoms. The second-order valence-corrected chi connectivity index (χ2v) is 6.16. The number of nitrogens with one attached hydrogen (secondary N) is 1. The van der Waals surface area contributed by atoms with Crippen LogP contribution in [0.3, 0.4) is 0 Å². The number of amides is 1. The first-order valence-corrected chi connectivity index (χ1v) is 7.83. The van der Waals surface area contributed by atoms with Gasteiger partial charge in [0.2, 0.25) is 5.91 Å². The fraction of sp³-hybridized carbons (Fsp3) is 0.867. The molecule has 1 amide bonds. The Morgan fingerprint density at radius 2 is 2.20 bits per heavy atom. The highest BCUT2D eigenvalue weighted by molar-refractivity contribution is 5.86. The van der Waals surface area contributed by atoms with Crippen molar-refractivity contribution in [2.24, 2.45) is 5.92 Å². The fourth-order valence-electron chi connectivity index (χ4n) is 3.56. The van der Waals surface area contributed by atoms with E-state index in [0.29, 0.717) is 12.3 Å². The van der Waals surface area contributed by atoms with Crippen LogP contribution in [0.15, 0.2) is 0 Å². The molecular formula is C15H26N2O3. The Kier molecular flexibility index (Phi) is 5.02. The molecule has 0 aromatic carbocycles. The molecule has 0 radical (unpaired) electrons. The van der Waals surface area contributed by atoms with Gasteiger partial charge in [0.1, 0.15) is 0 Å². The summed E-state index contributed by atoms with van der Waals surface area (Å²) in [5.74, 6) is -0.160. The SMILES string of the molecule is CCC1(C(=O)N2CCCC(CCC(=O)O)C2)CCCN1.